The van der Waals surface area contributed by atoms with Gasteiger partial charge in [-0.05, 0) is 24.6 Å². The maximum absolute atomic E-state index is 10.4. The summed E-state index contributed by atoms with van der Waals surface area (Å²) in [6.07, 6.45) is 0. The molecule has 0 aliphatic rings. The van der Waals surface area contributed by atoms with Gasteiger partial charge in [-0.1, -0.05) is 59.6 Å². The minimum absolute atomic E-state index is 0.0943. The fourth-order valence-corrected chi connectivity index (χ4v) is 2.04. The largest absolute Gasteiger partial charge is 0.489 e. The SMILES string of the molecule is CC(O)(COc1cccc(Cl)c1Cl)c1ccccc1. The molecule has 1 atom stereocenters. The Morgan fingerprint density at radius 1 is 1.05 bits per heavy atom. The molecule has 1 N–H and O–H groups in total. The van der Waals surface area contributed by atoms with Gasteiger partial charge < -0.3 is 9.84 Å². The van der Waals surface area contributed by atoms with Crippen LogP contribution in [0.5, 0.6) is 5.75 Å². The lowest BCUT2D eigenvalue weighted by molar-refractivity contribution is 0.00764. The van der Waals surface area contributed by atoms with E-state index in [9.17, 15) is 5.11 Å². The summed E-state index contributed by atoms with van der Waals surface area (Å²) in [6, 6.07) is 14.5. The van der Waals surface area contributed by atoms with Gasteiger partial charge in [0.25, 0.3) is 0 Å². The molecular weight excluding hydrogens is 283 g/mol. The Bertz CT molecular complexity index is 553. The molecule has 2 aromatic carbocycles. The zero-order chi connectivity index (χ0) is 13.9. The van der Waals surface area contributed by atoms with Crippen LogP contribution in [-0.4, -0.2) is 11.7 Å². The summed E-state index contributed by atoms with van der Waals surface area (Å²) in [5.74, 6) is 0.463. The third kappa shape index (κ3) is 3.41. The van der Waals surface area contributed by atoms with E-state index in [1.807, 2.05) is 30.3 Å². The number of ether oxygens (including phenoxy) is 1. The molecule has 0 aromatic heterocycles. The summed E-state index contributed by atoms with van der Waals surface area (Å²) in [6.45, 7) is 1.79. The van der Waals surface area contributed by atoms with Crippen molar-refractivity contribution in [2.24, 2.45) is 0 Å². The second kappa shape index (κ2) is 5.83. The first-order valence-corrected chi connectivity index (χ1v) is 6.61. The van der Waals surface area contributed by atoms with E-state index in [2.05, 4.69) is 0 Å². The molecule has 2 nitrogen and oxygen atoms in total. The van der Waals surface area contributed by atoms with E-state index in [4.69, 9.17) is 27.9 Å². The molecule has 100 valence electrons. The lowest BCUT2D eigenvalue weighted by Crippen LogP contribution is -2.29. The first kappa shape index (κ1) is 14.2. The number of benzene rings is 2. The van der Waals surface area contributed by atoms with Gasteiger partial charge in [0.05, 0.1) is 5.02 Å². The van der Waals surface area contributed by atoms with Gasteiger partial charge >= 0.3 is 0 Å². The zero-order valence-electron chi connectivity index (χ0n) is 10.4. The Labute approximate surface area is 122 Å². The van der Waals surface area contributed by atoms with E-state index in [-0.39, 0.29) is 6.61 Å². The standard InChI is InChI=1S/C15H14Cl2O2/c1-15(18,11-6-3-2-4-7-11)10-19-13-9-5-8-12(16)14(13)17/h2-9,18H,10H2,1H3. The highest BCUT2D eigenvalue weighted by Crippen LogP contribution is 2.32. The average molecular weight is 297 g/mol. The molecule has 2 rings (SSSR count). The van der Waals surface area contributed by atoms with E-state index in [0.29, 0.717) is 15.8 Å². The van der Waals surface area contributed by atoms with Crippen LogP contribution in [0.25, 0.3) is 0 Å². The highest BCUT2D eigenvalue weighted by atomic mass is 35.5. The monoisotopic (exact) mass is 296 g/mol. The lowest BCUT2D eigenvalue weighted by atomic mass is 9.97. The molecule has 0 saturated carbocycles. The van der Waals surface area contributed by atoms with Crippen LogP contribution in [0.3, 0.4) is 0 Å². The number of halogens is 2. The molecule has 0 bridgehead atoms. The molecule has 0 fully saturated rings. The van der Waals surface area contributed by atoms with Crippen molar-refractivity contribution in [2.75, 3.05) is 6.61 Å². The van der Waals surface area contributed by atoms with Crippen molar-refractivity contribution in [3.63, 3.8) is 0 Å². The molecule has 0 radical (unpaired) electrons. The zero-order valence-corrected chi connectivity index (χ0v) is 11.9. The average Bonchev–Trinajstić information content (AvgIpc) is 2.41. The summed E-state index contributed by atoms with van der Waals surface area (Å²) >= 11 is 11.9. The fraction of sp³-hybridized carbons (Fsp3) is 0.200. The second-order valence-corrected chi connectivity index (χ2v) is 5.27. The minimum atomic E-state index is -1.09. The molecular formula is C15H14Cl2O2. The summed E-state index contributed by atoms with van der Waals surface area (Å²) in [7, 11) is 0. The second-order valence-electron chi connectivity index (χ2n) is 4.48. The lowest BCUT2D eigenvalue weighted by Gasteiger charge is -2.24. The summed E-state index contributed by atoms with van der Waals surface area (Å²) in [5, 5.41) is 11.2. The van der Waals surface area contributed by atoms with Crippen LogP contribution in [0.4, 0.5) is 0 Å². The van der Waals surface area contributed by atoms with E-state index >= 15 is 0 Å². The third-order valence-corrected chi connectivity index (χ3v) is 3.62. The van der Waals surface area contributed by atoms with Gasteiger partial charge in [-0.3, -0.25) is 0 Å². The first-order chi connectivity index (χ1) is 9.00. The molecule has 19 heavy (non-hydrogen) atoms. The van der Waals surface area contributed by atoms with Gasteiger partial charge in [-0.2, -0.15) is 0 Å². The number of rotatable bonds is 4. The number of aliphatic hydroxyl groups is 1. The van der Waals surface area contributed by atoms with Crippen molar-refractivity contribution in [3.8, 4) is 5.75 Å². The van der Waals surface area contributed by atoms with Gasteiger partial charge in [-0.25, -0.2) is 0 Å². The molecule has 0 aliphatic carbocycles. The maximum Gasteiger partial charge on any atom is 0.139 e. The molecule has 4 heteroatoms. The van der Waals surface area contributed by atoms with E-state index in [1.165, 1.54) is 0 Å². The Kier molecular flexibility index (Phi) is 4.35. The van der Waals surface area contributed by atoms with Gasteiger partial charge in [0.1, 0.15) is 23.0 Å². The minimum Gasteiger partial charge on any atom is -0.489 e. The van der Waals surface area contributed by atoms with Crippen LogP contribution in [0.15, 0.2) is 48.5 Å². The summed E-state index contributed by atoms with van der Waals surface area (Å²) < 4.78 is 5.57. The third-order valence-electron chi connectivity index (χ3n) is 2.82. The number of hydrogen-bond donors (Lipinski definition) is 1. The molecule has 1 unspecified atom stereocenters. The van der Waals surface area contributed by atoms with Crippen molar-refractivity contribution < 1.29 is 9.84 Å². The van der Waals surface area contributed by atoms with Gasteiger partial charge in [0.15, 0.2) is 0 Å². The van der Waals surface area contributed by atoms with Crippen molar-refractivity contribution >= 4 is 23.2 Å². The molecule has 2 aromatic rings. The highest BCUT2D eigenvalue weighted by molar-refractivity contribution is 6.42. The summed E-state index contributed by atoms with van der Waals surface area (Å²) in [4.78, 5) is 0. The van der Waals surface area contributed by atoms with Crippen LogP contribution in [-0.2, 0) is 5.60 Å². The van der Waals surface area contributed by atoms with Crippen LogP contribution < -0.4 is 4.74 Å². The Morgan fingerprint density at radius 2 is 1.74 bits per heavy atom. The predicted molar refractivity (Wildman–Crippen MR) is 78.0 cm³/mol. The first-order valence-electron chi connectivity index (χ1n) is 5.85. The topological polar surface area (TPSA) is 29.5 Å². The van der Waals surface area contributed by atoms with Crippen LogP contribution in [0.1, 0.15) is 12.5 Å². The number of hydrogen-bond acceptors (Lipinski definition) is 2. The van der Waals surface area contributed by atoms with Gasteiger partial charge in [0, 0.05) is 0 Å². The Morgan fingerprint density at radius 3 is 2.42 bits per heavy atom. The smallest absolute Gasteiger partial charge is 0.139 e. The van der Waals surface area contributed by atoms with E-state index in [1.54, 1.807) is 25.1 Å². The van der Waals surface area contributed by atoms with E-state index < -0.39 is 5.60 Å². The fourth-order valence-electron chi connectivity index (χ4n) is 1.69. The van der Waals surface area contributed by atoms with Crippen molar-refractivity contribution in [2.45, 2.75) is 12.5 Å². The Hall–Kier alpha value is -1.22. The van der Waals surface area contributed by atoms with Crippen molar-refractivity contribution in [3.05, 3.63) is 64.1 Å². The normalized spacial score (nSPS) is 13.9. The quantitative estimate of drug-likeness (QED) is 0.912. The van der Waals surface area contributed by atoms with Crippen LogP contribution in [0.2, 0.25) is 10.0 Å². The molecule has 0 amide bonds. The molecule has 0 spiro atoms. The summed E-state index contributed by atoms with van der Waals surface area (Å²) in [5.41, 5.74) is -0.305. The molecule has 0 heterocycles. The van der Waals surface area contributed by atoms with Gasteiger partial charge in [-0.15, -0.1) is 0 Å². The van der Waals surface area contributed by atoms with Crippen LogP contribution in [0, 0.1) is 0 Å². The molecule has 0 saturated heterocycles. The van der Waals surface area contributed by atoms with Crippen molar-refractivity contribution in [1.82, 2.24) is 0 Å². The predicted octanol–water partition coefficient (Wildman–Crippen LogP) is 4.28. The van der Waals surface area contributed by atoms with E-state index in [0.717, 1.165) is 5.56 Å². The van der Waals surface area contributed by atoms with Crippen LogP contribution >= 0.6 is 23.2 Å². The Balaban J connectivity index is 2.12. The highest BCUT2D eigenvalue weighted by Gasteiger charge is 2.24. The maximum atomic E-state index is 10.4. The van der Waals surface area contributed by atoms with Crippen molar-refractivity contribution in [1.29, 1.82) is 0 Å². The van der Waals surface area contributed by atoms with Gasteiger partial charge in [0.2, 0.25) is 0 Å². The molecule has 0 aliphatic heterocycles.